The summed E-state index contributed by atoms with van der Waals surface area (Å²) in [6.45, 7) is 1.53. The highest BCUT2D eigenvalue weighted by Gasteiger charge is 2.39. The Labute approximate surface area is 111 Å². The second kappa shape index (κ2) is 5.19. The van der Waals surface area contributed by atoms with E-state index in [2.05, 4.69) is 15.0 Å². The molecule has 1 aliphatic heterocycles. The van der Waals surface area contributed by atoms with Gasteiger partial charge in [0.2, 0.25) is 5.91 Å². The first-order valence-electron chi connectivity index (χ1n) is 5.75. The number of hydrogen-bond donors (Lipinski definition) is 2. The Kier molecular flexibility index (Phi) is 3.59. The zero-order valence-electron chi connectivity index (χ0n) is 10.5. The highest BCUT2D eigenvalue weighted by Crippen LogP contribution is 2.29. The van der Waals surface area contributed by atoms with Crippen molar-refractivity contribution in [2.45, 2.75) is 31.7 Å². The second-order valence-corrected chi connectivity index (χ2v) is 4.40. The monoisotopic (exact) mass is 280 g/mol. The fourth-order valence-electron chi connectivity index (χ4n) is 2.06. The van der Waals surface area contributed by atoms with Gasteiger partial charge in [-0.3, -0.25) is 19.1 Å². The van der Waals surface area contributed by atoms with E-state index in [1.54, 1.807) is 0 Å². The molecule has 2 rings (SSSR count). The molecule has 3 N–H and O–H groups in total. The normalized spacial score (nSPS) is 25.1. The van der Waals surface area contributed by atoms with Crippen molar-refractivity contribution in [3.05, 3.63) is 43.0 Å². The molecule has 0 aromatic carbocycles. The first-order chi connectivity index (χ1) is 9.43. The minimum Gasteiger partial charge on any atom is -0.367 e. The van der Waals surface area contributed by atoms with Crippen LogP contribution in [-0.4, -0.2) is 27.6 Å². The zero-order chi connectivity index (χ0) is 14.9. The predicted molar refractivity (Wildman–Crippen MR) is 66.7 cm³/mol. The van der Waals surface area contributed by atoms with E-state index in [0.29, 0.717) is 5.56 Å². The number of carbonyl (C=O) groups is 1. The molecule has 10 heteroatoms. The number of rotatable bonds is 3. The highest BCUT2D eigenvalue weighted by atomic mass is 16.5. The molecule has 1 unspecified atom stereocenters. The van der Waals surface area contributed by atoms with Crippen molar-refractivity contribution in [2.24, 2.45) is 10.8 Å². The molecule has 0 aliphatic carbocycles. The number of aromatic nitrogens is 2. The molecular formula is C10H12N6O4. The van der Waals surface area contributed by atoms with Crippen LogP contribution >= 0.6 is 0 Å². The summed E-state index contributed by atoms with van der Waals surface area (Å²) in [6, 6.07) is -0.790. The summed E-state index contributed by atoms with van der Waals surface area (Å²) in [4.78, 5) is 39.0. The number of amides is 1. The maximum absolute atomic E-state index is 11.7. The first kappa shape index (κ1) is 13.8. The lowest BCUT2D eigenvalue weighted by atomic mass is 10.1. The number of carbonyl (C=O) groups excluding carboxylic acids is 1. The lowest BCUT2D eigenvalue weighted by molar-refractivity contribution is -0.131. The third kappa shape index (κ3) is 2.42. The first-order valence-corrected chi connectivity index (χ1v) is 5.75. The third-order valence-electron chi connectivity index (χ3n) is 3.03. The number of nitrogens with two attached hydrogens (primary N) is 1. The lowest BCUT2D eigenvalue weighted by Gasteiger charge is -2.14. The number of nitrogens with zero attached hydrogens (tertiary/aromatic N) is 4. The standard InChI is InChI=1S/C10H12N6O4/c1-4-3-16(10(19)13-9(4)18)6-2-5(14-15-12)7(20-6)8(11)17/h3,5-7H,2H2,1H3,(H2,11,17)(H,13,18,19)/t5?,6-,7+/m1/s1. The molecule has 1 aromatic heterocycles. The SMILES string of the molecule is Cc1cn([C@H]2CC(N=[N+]=[N-])[C@@H](C(N)=O)O2)c(=O)[nH]c1=O. The fraction of sp³-hybridized carbons (Fsp3) is 0.500. The van der Waals surface area contributed by atoms with Crippen molar-refractivity contribution >= 4 is 5.91 Å². The smallest absolute Gasteiger partial charge is 0.330 e. The second-order valence-electron chi connectivity index (χ2n) is 4.40. The van der Waals surface area contributed by atoms with Gasteiger partial charge in [-0.15, -0.1) is 0 Å². The quantitative estimate of drug-likeness (QED) is 0.426. The molecular weight excluding hydrogens is 268 g/mol. The van der Waals surface area contributed by atoms with Gasteiger partial charge in [0, 0.05) is 23.1 Å². The molecule has 10 nitrogen and oxygen atoms in total. The summed E-state index contributed by atoms with van der Waals surface area (Å²) < 4.78 is 6.49. The Hall–Kier alpha value is -2.58. The molecule has 1 fully saturated rings. The number of primary amides is 1. The molecule has 1 amide bonds. The number of H-pyrrole nitrogens is 1. The highest BCUT2D eigenvalue weighted by molar-refractivity contribution is 5.80. The molecule has 0 saturated carbocycles. The van der Waals surface area contributed by atoms with Crippen LogP contribution < -0.4 is 17.0 Å². The van der Waals surface area contributed by atoms with Crippen LogP contribution in [0.1, 0.15) is 18.2 Å². The summed E-state index contributed by atoms with van der Waals surface area (Å²) in [5.74, 6) is -0.779. The van der Waals surface area contributed by atoms with Gasteiger partial charge in [-0.2, -0.15) is 0 Å². The predicted octanol–water partition coefficient (Wildman–Crippen LogP) is -0.703. The Bertz CT molecular complexity index is 690. The van der Waals surface area contributed by atoms with E-state index in [1.807, 2.05) is 0 Å². The van der Waals surface area contributed by atoms with Gasteiger partial charge in [-0.1, -0.05) is 5.11 Å². The molecule has 2 heterocycles. The van der Waals surface area contributed by atoms with E-state index in [4.69, 9.17) is 16.0 Å². The zero-order valence-corrected chi connectivity index (χ0v) is 10.5. The third-order valence-corrected chi connectivity index (χ3v) is 3.03. The number of hydrogen-bond acceptors (Lipinski definition) is 5. The van der Waals surface area contributed by atoms with Crippen LogP contribution in [0.5, 0.6) is 0 Å². The summed E-state index contributed by atoms with van der Waals surface area (Å²) in [5.41, 5.74) is 12.8. The molecule has 1 aromatic rings. The van der Waals surface area contributed by atoms with Crippen molar-refractivity contribution in [3.8, 4) is 0 Å². The van der Waals surface area contributed by atoms with Gasteiger partial charge in [0.25, 0.3) is 5.56 Å². The molecule has 0 radical (unpaired) electrons. The topological polar surface area (TPSA) is 156 Å². The number of ether oxygens (including phenoxy) is 1. The molecule has 0 bridgehead atoms. The number of nitrogens with one attached hydrogen (secondary N) is 1. The van der Waals surface area contributed by atoms with Gasteiger partial charge >= 0.3 is 5.69 Å². The van der Waals surface area contributed by atoms with Gasteiger partial charge < -0.3 is 10.5 Å². The van der Waals surface area contributed by atoms with Gasteiger partial charge in [-0.25, -0.2) is 4.79 Å². The van der Waals surface area contributed by atoms with Gasteiger partial charge in [-0.05, 0) is 12.5 Å². The van der Waals surface area contributed by atoms with E-state index < -0.39 is 35.5 Å². The fourth-order valence-corrected chi connectivity index (χ4v) is 2.06. The molecule has 3 atom stereocenters. The average Bonchev–Trinajstić information content (AvgIpc) is 2.78. The van der Waals surface area contributed by atoms with Gasteiger partial charge in [0.1, 0.15) is 12.3 Å². The maximum atomic E-state index is 11.7. The van der Waals surface area contributed by atoms with Crippen LogP contribution in [0.25, 0.3) is 10.4 Å². The van der Waals surface area contributed by atoms with E-state index in [-0.39, 0.29) is 6.42 Å². The van der Waals surface area contributed by atoms with Crippen LogP contribution in [0.3, 0.4) is 0 Å². The summed E-state index contributed by atoms with van der Waals surface area (Å²) in [6.07, 6.45) is -0.494. The average molecular weight is 280 g/mol. The van der Waals surface area contributed by atoms with Crippen LogP contribution in [-0.2, 0) is 9.53 Å². The maximum Gasteiger partial charge on any atom is 0.330 e. The number of aryl methyl sites for hydroxylation is 1. The minimum atomic E-state index is -1.10. The van der Waals surface area contributed by atoms with E-state index in [9.17, 15) is 14.4 Å². The van der Waals surface area contributed by atoms with Crippen LogP contribution in [0, 0.1) is 6.92 Å². The lowest BCUT2D eigenvalue weighted by Crippen LogP contribution is -2.36. The van der Waals surface area contributed by atoms with Crippen molar-refractivity contribution in [1.82, 2.24) is 9.55 Å². The largest absolute Gasteiger partial charge is 0.367 e. The molecule has 20 heavy (non-hydrogen) atoms. The molecule has 0 spiro atoms. The van der Waals surface area contributed by atoms with Crippen LogP contribution in [0.15, 0.2) is 20.9 Å². The Morgan fingerprint density at radius 3 is 2.95 bits per heavy atom. The van der Waals surface area contributed by atoms with Crippen molar-refractivity contribution in [2.75, 3.05) is 0 Å². The van der Waals surface area contributed by atoms with Crippen molar-refractivity contribution < 1.29 is 9.53 Å². The summed E-state index contributed by atoms with van der Waals surface area (Å²) in [5, 5.41) is 3.44. The van der Waals surface area contributed by atoms with E-state index in [1.165, 1.54) is 13.1 Å². The van der Waals surface area contributed by atoms with Crippen molar-refractivity contribution in [1.29, 1.82) is 0 Å². The molecule has 1 saturated heterocycles. The number of azide groups is 1. The summed E-state index contributed by atoms with van der Waals surface area (Å²) >= 11 is 0. The summed E-state index contributed by atoms with van der Waals surface area (Å²) in [7, 11) is 0. The van der Waals surface area contributed by atoms with Crippen molar-refractivity contribution in [3.63, 3.8) is 0 Å². The Morgan fingerprint density at radius 2 is 2.35 bits per heavy atom. The minimum absolute atomic E-state index is 0.114. The van der Waals surface area contributed by atoms with Gasteiger partial charge in [0.15, 0.2) is 0 Å². The Balaban J connectivity index is 2.38. The van der Waals surface area contributed by atoms with Crippen LogP contribution in [0.2, 0.25) is 0 Å². The molecule has 106 valence electrons. The van der Waals surface area contributed by atoms with Crippen LogP contribution in [0.4, 0.5) is 0 Å². The van der Waals surface area contributed by atoms with Gasteiger partial charge in [0.05, 0.1) is 6.04 Å². The molecule has 1 aliphatic rings. The Morgan fingerprint density at radius 1 is 1.65 bits per heavy atom. The van der Waals surface area contributed by atoms with E-state index in [0.717, 1.165) is 4.57 Å². The van der Waals surface area contributed by atoms with E-state index >= 15 is 0 Å². The number of aromatic amines is 1.